The maximum atomic E-state index is 15.0. The zero-order chi connectivity index (χ0) is 23.9. The summed E-state index contributed by atoms with van der Waals surface area (Å²) >= 11 is 0. The van der Waals surface area contributed by atoms with E-state index in [0.29, 0.717) is 35.8 Å². The standard InChI is InChI=1S/C20H21F4N7O2/c1-29-9-11(20(22,23)24)7-14(18(29)32)28-19(33)30(2)15-4-6-31(10-12(15)21)16-8-26-17-13(27-16)3-5-25-17/h3,5,7-9,12,15H,4,6,10H2,1-2H3,(H,25,26)(H,28,33)/t12-,15+/m1/s1. The first-order valence-corrected chi connectivity index (χ1v) is 10.1. The molecule has 176 valence electrons. The fraction of sp³-hybridized carbons (Fsp3) is 0.400. The van der Waals surface area contributed by atoms with Crippen molar-refractivity contribution in [2.75, 3.05) is 30.4 Å². The van der Waals surface area contributed by atoms with Gasteiger partial charge in [-0.3, -0.25) is 4.79 Å². The van der Waals surface area contributed by atoms with Gasteiger partial charge in [0.25, 0.3) is 5.56 Å². The van der Waals surface area contributed by atoms with Crippen molar-refractivity contribution in [2.24, 2.45) is 7.05 Å². The number of piperidine rings is 1. The molecule has 0 saturated carbocycles. The third-order valence-corrected chi connectivity index (χ3v) is 5.65. The molecular formula is C20H21F4N7O2. The minimum atomic E-state index is -4.69. The number of pyridine rings is 1. The highest BCUT2D eigenvalue weighted by Gasteiger charge is 2.36. The summed E-state index contributed by atoms with van der Waals surface area (Å²) in [4.78, 5) is 39.2. The Balaban J connectivity index is 1.45. The molecule has 3 aromatic heterocycles. The number of nitrogens with one attached hydrogen (secondary N) is 2. The van der Waals surface area contributed by atoms with E-state index in [1.165, 1.54) is 13.2 Å². The molecule has 1 fully saturated rings. The molecule has 3 aromatic rings. The molecule has 13 heteroatoms. The van der Waals surface area contributed by atoms with Gasteiger partial charge in [0.15, 0.2) is 5.65 Å². The molecular weight excluding hydrogens is 446 g/mol. The van der Waals surface area contributed by atoms with Gasteiger partial charge in [0.2, 0.25) is 0 Å². The van der Waals surface area contributed by atoms with Crippen LogP contribution in [0.1, 0.15) is 12.0 Å². The fourth-order valence-corrected chi connectivity index (χ4v) is 3.82. The number of aromatic nitrogens is 4. The number of fused-ring (bicyclic) bond motifs is 1. The fourth-order valence-electron chi connectivity index (χ4n) is 3.82. The van der Waals surface area contributed by atoms with Crippen LogP contribution >= 0.6 is 0 Å². The molecule has 0 aliphatic carbocycles. The van der Waals surface area contributed by atoms with Gasteiger partial charge >= 0.3 is 12.2 Å². The SMILES string of the molecule is CN(C(=O)Nc1cc(C(F)(F)F)cn(C)c1=O)[C@H]1CCN(c2cnc3[nH]ccc3n2)C[C@H]1F. The first-order valence-electron chi connectivity index (χ1n) is 10.1. The Morgan fingerprint density at radius 2 is 2.12 bits per heavy atom. The Bertz CT molecular complexity index is 1240. The molecule has 2 amide bonds. The van der Waals surface area contributed by atoms with E-state index >= 15 is 4.39 Å². The lowest BCUT2D eigenvalue weighted by molar-refractivity contribution is -0.138. The van der Waals surface area contributed by atoms with E-state index in [0.717, 1.165) is 16.5 Å². The number of nitrogens with zero attached hydrogens (tertiary/aromatic N) is 5. The number of alkyl halides is 4. The molecule has 33 heavy (non-hydrogen) atoms. The van der Waals surface area contributed by atoms with Gasteiger partial charge in [-0.05, 0) is 18.6 Å². The summed E-state index contributed by atoms with van der Waals surface area (Å²) in [5.41, 5.74) is -1.17. The molecule has 2 N–H and O–H groups in total. The van der Waals surface area contributed by atoms with E-state index in [1.54, 1.807) is 17.2 Å². The summed E-state index contributed by atoms with van der Waals surface area (Å²) in [5, 5.41) is 2.19. The number of hydrogen-bond donors (Lipinski definition) is 2. The topological polar surface area (TPSA) is 99.1 Å². The number of aromatic amines is 1. The highest BCUT2D eigenvalue weighted by Crippen LogP contribution is 2.30. The van der Waals surface area contributed by atoms with Crippen molar-refractivity contribution in [1.82, 2.24) is 24.4 Å². The van der Waals surface area contributed by atoms with Crippen molar-refractivity contribution in [1.29, 1.82) is 0 Å². The number of carbonyl (C=O) groups is 1. The van der Waals surface area contributed by atoms with E-state index in [1.807, 2.05) is 0 Å². The normalized spacial score (nSPS) is 19.0. The zero-order valence-electron chi connectivity index (χ0n) is 17.7. The molecule has 1 aliphatic rings. The molecule has 0 aromatic carbocycles. The van der Waals surface area contributed by atoms with Gasteiger partial charge in [-0.2, -0.15) is 13.2 Å². The van der Waals surface area contributed by atoms with Crippen LogP contribution in [-0.2, 0) is 13.2 Å². The largest absolute Gasteiger partial charge is 0.417 e. The number of halogens is 4. The van der Waals surface area contributed by atoms with E-state index in [-0.39, 0.29) is 13.0 Å². The van der Waals surface area contributed by atoms with Crippen molar-refractivity contribution in [3.05, 3.63) is 46.6 Å². The number of amides is 2. The average Bonchev–Trinajstić information content (AvgIpc) is 3.23. The molecule has 0 radical (unpaired) electrons. The molecule has 4 heterocycles. The summed E-state index contributed by atoms with van der Waals surface area (Å²) in [6.07, 6.45) is -2.03. The Morgan fingerprint density at radius 3 is 2.82 bits per heavy atom. The van der Waals surface area contributed by atoms with Crippen molar-refractivity contribution in [3.8, 4) is 0 Å². The Hall–Kier alpha value is -3.64. The van der Waals surface area contributed by atoms with Crippen LogP contribution in [0.3, 0.4) is 0 Å². The van der Waals surface area contributed by atoms with Crippen LogP contribution in [0.4, 0.5) is 33.9 Å². The third-order valence-electron chi connectivity index (χ3n) is 5.65. The van der Waals surface area contributed by atoms with Crippen LogP contribution in [0.5, 0.6) is 0 Å². The predicted octanol–water partition coefficient (Wildman–Crippen LogP) is 2.76. The Morgan fingerprint density at radius 1 is 1.36 bits per heavy atom. The molecule has 1 saturated heterocycles. The molecule has 0 spiro atoms. The molecule has 0 unspecified atom stereocenters. The molecule has 4 rings (SSSR count). The van der Waals surface area contributed by atoms with Crippen molar-refractivity contribution in [2.45, 2.75) is 24.8 Å². The lowest BCUT2D eigenvalue weighted by Crippen LogP contribution is -2.54. The van der Waals surface area contributed by atoms with Crippen molar-refractivity contribution >= 4 is 28.7 Å². The Labute approximate surface area is 185 Å². The molecule has 1 aliphatic heterocycles. The van der Waals surface area contributed by atoms with Crippen LogP contribution in [0, 0.1) is 0 Å². The lowest BCUT2D eigenvalue weighted by Gasteiger charge is -2.39. The van der Waals surface area contributed by atoms with Gasteiger partial charge in [-0.1, -0.05) is 0 Å². The van der Waals surface area contributed by atoms with Crippen LogP contribution in [-0.4, -0.2) is 62.8 Å². The maximum absolute atomic E-state index is 15.0. The number of urea groups is 1. The quantitative estimate of drug-likeness (QED) is 0.578. The predicted molar refractivity (Wildman–Crippen MR) is 113 cm³/mol. The van der Waals surface area contributed by atoms with Crippen molar-refractivity contribution < 1.29 is 22.4 Å². The van der Waals surface area contributed by atoms with Gasteiger partial charge < -0.3 is 24.7 Å². The first kappa shape index (κ1) is 22.6. The maximum Gasteiger partial charge on any atom is 0.417 e. The van der Waals surface area contributed by atoms with Gasteiger partial charge in [0.05, 0.1) is 24.3 Å². The third kappa shape index (κ3) is 4.47. The summed E-state index contributed by atoms with van der Waals surface area (Å²) in [5.74, 6) is 0.503. The van der Waals surface area contributed by atoms with Crippen molar-refractivity contribution in [3.63, 3.8) is 0 Å². The summed E-state index contributed by atoms with van der Waals surface area (Å²) < 4.78 is 54.9. The summed E-state index contributed by atoms with van der Waals surface area (Å²) in [6, 6.07) is 0.613. The van der Waals surface area contributed by atoms with Crippen LogP contribution < -0.4 is 15.8 Å². The minimum absolute atomic E-state index is 0.0434. The second kappa shape index (κ2) is 8.37. The molecule has 2 atom stereocenters. The Kier molecular flexibility index (Phi) is 5.72. The monoisotopic (exact) mass is 467 g/mol. The van der Waals surface area contributed by atoms with Gasteiger partial charge in [-0.25, -0.2) is 19.2 Å². The summed E-state index contributed by atoms with van der Waals surface area (Å²) in [6.45, 7) is 0.344. The van der Waals surface area contributed by atoms with Gasteiger partial charge in [0.1, 0.15) is 23.2 Å². The summed E-state index contributed by atoms with van der Waals surface area (Å²) in [7, 11) is 2.49. The number of anilines is 2. The van der Waals surface area contributed by atoms with E-state index in [4.69, 9.17) is 0 Å². The highest BCUT2D eigenvalue weighted by molar-refractivity contribution is 5.89. The lowest BCUT2D eigenvalue weighted by atomic mass is 10.0. The van der Waals surface area contributed by atoms with Gasteiger partial charge in [-0.15, -0.1) is 0 Å². The number of hydrogen-bond acceptors (Lipinski definition) is 5. The number of aryl methyl sites for hydroxylation is 1. The average molecular weight is 467 g/mol. The van der Waals surface area contributed by atoms with Crippen LogP contribution in [0.15, 0.2) is 35.5 Å². The van der Waals surface area contributed by atoms with Gasteiger partial charge in [0, 0.05) is 33.0 Å². The van der Waals surface area contributed by atoms with Crippen LogP contribution in [0.25, 0.3) is 11.2 Å². The zero-order valence-corrected chi connectivity index (χ0v) is 17.7. The van der Waals surface area contributed by atoms with E-state index < -0.39 is 41.2 Å². The second-order valence-corrected chi connectivity index (χ2v) is 7.86. The number of carbonyl (C=O) groups excluding carboxylic acids is 1. The smallest absolute Gasteiger partial charge is 0.352 e. The minimum Gasteiger partial charge on any atom is -0.352 e. The number of rotatable bonds is 3. The molecule has 0 bridgehead atoms. The molecule has 9 nitrogen and oxygen atoms in total. The van der Waals surface area contributed by atoms with E-state index in [2.05, 4.69) is 20.3 Å². The number of H-pyrrole nitrogens is 1. The second-order valence-electron chi connectivity index (χ2n) is 7.86. The highest BCUT2D eigenvalue weighted by atomic mass is 19.4. The first-order chi connectivity index (χ1) is 15.5. The van der Waals surface area contributed by atoms with Crippen LogP contribution in [0.2, 0.25) is 0 Å². The van der Waals surface area contributed by atoms with E-state index in [9.17, 15) is 22.8 Å².